The van der Waals surface area contributed by atoms with Gasteiger partial charge in [-0.3, -0.25) is 19.1 Å². The molecule has 1 N–H and O–H groups in total. The van der Waals surface area contributed by atoms with Crippen molar-refractivity contribution >= 4 is 5.91 Å². The molecule has 9 nitrogen and oxygen atoms in total. The standard InChI is InChI=1S/C26H28N4O5/c1-34-19-4-3-5-20(35-2)23(19)30-21(14-16-6-7-16)28-24(31)22(26(30)33)25(32)29-13-10-18(15-29)17-8-11-27-12-9-17/h3-5,8-9,11-12,16,18,31H,6-7,10,13-15H2,1-2H3. The van der Waals surface area contributed by atoms with E-state index in [1.54, 1.807) is 35.5 Å². The summed E-state index contributed by atoms with van der Waals surface area (Å²) in [4.78, 5) is 37.5. The molecule has 1 aliphatic heterocycles. The van der Waals surface area contributed by atoms with Gasteiger partial charge in [-0.05, 0) is 55.0 Å². The SMILES string of the molecule is COc1cccc(OC)c1-n1c(CC2CC2)nc(O)c(C(=O)N2CCC(c3ccncc3)C2)c1=O. The molecule has 9 heteroatoms. The number of ether oxygens (including phenoxy) is 2. The highest BCUT2D eigenvalue weighted by molar-refractivity contribution is 5.96. The van der Waals surface area contributed by atoms with Crippen molar-refractivity contribution in [3.8, 4) is 23.1 Å². The van der Waals surface area contributed by atoms with Crippen LogP contribution in [0.2, 0.25) is 0 Å². The number of carbonyl (C=O) groups is 1. The highest BCUT2D eigenvalue weighted by Crippen LogP contribution is 2.37. The van der Waals surface area contributed by atoms with E-state index in [0.717, 1.165) is 24.8 Å². The van der Waals surface area contributed by atoms with Crippen LogP contribution in [0.4, 0.5) is 0 Å². The second-order valence-electron chi connectivity index (χ2n) is 9.04. The number of aromatic nitrogens is 3. The Hall–Kier alpha value is -3.88. The molecular formula is C26H28N4O5. The van der Waals surface area contributed by atoms with Gasteiger partial charge in [0.1, 0.15) is 23.0 Å². The number of aromatic hydroxyl groups is 1. The van der Waals surface area contributed by atoms with Gasteiger partial charge in [0.05, 0.1) is 14.2 Å². The third-order valence-electron chi connectivity index (χ3n) is 6.79. The van der Waals surface area contributed by atoms with Crippen LogP contribution >= 0.6 is 0 Å². The van der Waals surface area contributed by atoms with Crippen molar-refractivity contribution in [2.24, 2.45) is 5.92 Å². The van der Waals surface area contributed by atoms with E-state index < -0.39 is 17.3 Å². The lowest BCUT2D eigenvalue weighted by Gasteiger charge is -2.21. The smallest absolute Gasteiger partial charge is 0.275 e. The van der Waals surface area contributed by atoms with Crippen molar-refractivity contribution < 1.29 is 19.4 Å². The Balaban J connectivity index is 1.59. The van der Waals surface area contributed by atoms with Gasteiger partial charge < -0.3 is 19.5 Å². The maximum absolute atomic E-state index is 13.9. The Kier molecular flexibility index (Phi) is 6.15. The summed E-state index contributed by atoms with van der Waals surface area (Å²) < 4.78 is 12.4. The number of hydrogen-bond donors (Lipinski definition) is 1. The summed E-state index contributed by atoms with van der Waals surface area (Å²) in [5.74, 6) is 0.662. The van der Waals surface area contributed by atoms with Gasteiger partial charge in [0.15, 0.2) is 5.56 Å². The fourth-order valence-corrected chi connectivity index (χ4v) is 4.75. The summed E-state index contributed by atoms with van der Waals surface area (Å²) >= 11 is 0. The summed E-state index contributed by atoms with van der Waals surface area (Å²) in [5, 5.41) is 10.8. The molecule has 182 valence electrons. The Bertz CT molecular complexity index is 1280. The minimum Gasteiger partial charge on any atom is -0.494 e. The van der Waals surface area contributed by atoms with Crippen molar-refractivity contribution in [3.63, 3.8) is 0 Å². The fourth-order valence-electron chi connectivity index (χ4n) is 4.75. The molecule has 1 aromatic carbocycles. The Labute approximate surface area is 203 Å². The number of hydrogen-bond acceptors (Lipinski definition) is 7. The maximum Gasteiger partial charge on any atom is 0.275 e. The van der Waals surface area contributed by atoms with Gasteiger partial charge in [-0.15, -0.1) is 0 Å². The van der Waals surface area contributed by atoms with Gasteiger partial charge in [-0.2, -0.15) is 4.98 Å². The highest BCUT2D eigenvalue weighted by atomic mass is 16.5. The topological polar surface area (TPSA) is 107 Å². The third-order valence-corrected chi connectivity index (χ3v) is 6.79. The summed E-state index contributed by atoms with van der Waals surface area (Å²) in [6.45, 7) is 0.927. The molecule has 2 fully saturated rings. The largest absolute Gasteiger partial charge is 0.494 e. The number of pyridine rings is 1. The van der Waals surface area contributed by atoms with Crippen LogP contribution in [0, 0.1) is 5.92 Å². The third kappa shape index (κ3) is 4.34. The second kappa shape index (κ2) is 9.40. The van der Waals surface area contributed by atoms with Gasteiger partial charge >= 0.3 is 0 Å². The quantitative estimate of drug-likeness (QED) is 0.559. The van der Waals surface area contributed by atoms with Crippen LogP contribution in [0.15, 0.2) is 47.5 Å². The monoisotopic (exact) mass is 476 g/mol. The lowest BCUT2D eigenvalue weighted by Crippen LogP contribution is -2.37. The number of amides is 1. The van der Waals surface area contributed by atoms with Gasteiger partial charge in [-0.1, -0.05) is 6.07 Å². The first-order chi connectivity index (χ1) is 17.0. The number of carbonyl (C=O) groups excluding carboxylic acids is 1. The van der Waals surface area contributed by atoms with Crippen LogP contribution in [0.3, 0.4) is 0 Å². The van der Waals surface area contributed by atoms with Gasteiger partial charge in [0.25, 0.3) is 11.5 Å². The Morgan fingerprint density at radius 3 is 2.40 bits per heavy atom. The molecule has 1 saturated carbocycles. The van der Waals surface area contributed by atoms with Crippen molar-refractivity contribution in [1.82, 2.24) is 19.4 Å². The maximum atomic E-state index is 13.9. The molecule has 3 heterocycles. The average molecular weight is 477 g/mol. The van der Waals surface area contributed by atoms with Crippen molar-refractivity contribution in [2.75, 3.05) is 27.3 Å². The number of likely N-dealkylation sites (tertiary alicyclic amines) is 1. The normalized spacial score (nSPS) is 17.4. The van der Waals surface area contributed by atoms with Crippen molar-refractivity contribution in [1.29, 1.82) is 0 Å². The zero-order valence-electron chi connectivity index (χ0n) is 19.8. The first-order valence-electron chi connectivity index (χ1n) is 11.8. The van der Waals surface area contributed by atoms with Crippen LogP contribution in [0.1, 0.15) is 46.9 Å². The summed E-state index contributed by atoms with van der Waals surface area (Å²) in [6.07, 6.45) is 6.79. The van der Waals surface area contributed by atoms with E-state index >= 15 is 0 Å². The summed E-state index contributed by atoms with van der Waals surface area (Å²) in [5.41, 5.74) is 0.491. The van der Waals surface area contributed by atoms with Gasteiger partial charge in [-0.25, -0.2) is 0 Å². The first-order valence-corrected chi connectivity index (χ1v) is 11.8. The molecule has 0 bridgehead atoms. The number of rotatable bonds is 7. The molecule has 5 rings (SSSR count). The second-order valence-corrected chi connectivity index (χ2v) is 9.04. The predicted octanol–water partition coefficient (Wildman–Crippen LogP) is 2.93. The first kappa shape index (κ1) is 22.9. The number of methoxy groups -OCH3 is 2. The average Bonchev–Trinajstić information content (AvgIpc) is 3.55. The molecule has 1 amide bonds. The lowest BCUT2D eigenvalue weighted by molar-refractivity contribution is 0.0784. The molecule has 1 aliphatic carbocycles. The molecular weight excluding hydrogens is 448 g/mol. The van der Waals surface area contributed by atoms with Crippen molar-refractivity contribution in [2.45, 2.75) is 31.6 Å². The summed E-state index contributed by atoms with van der Waals surface area (Å²) in [6, 6.07) is 9.07. The number of benzene rings is 1. The molecule has 1 unspecified atom stereocenters. The van der Waals surface area contributed by atoms with E-state index in [9.17, 15) is 14.7 Å². The highest BCUT2D eigenvalue weighted by Gasteiger charge is 2.34. The zero-order chi connectivity index (χ0) is 24.5. The Morgan fingerprint density at radius 1 is 1.09 bits per heavy atom. The van der Waals surface area contributed by atoms with E-state index in [4.69, 9.17) is 9.47 Å². The van der Waals surface area contributed by atoms with Crippen LogP contribution < -0.4 is 15.0 Å². The molecule has 2 aromatic heterocycles. The van der Waals surface area contributed by atoms with Crippen molar-refractivity contribution in [3.05, 3.63) is 70.0 Å². The van der Waals surface area contributed by atoms with Crippen LogP contribution in [-0.4, -0.2) is 57.8 Å². The van der Waals surface area contributed by atoms with E-state index in [1.165, 1.54) is 18.8 Å². The molecule has 0 radical (unpaired) electrons. The molecule has 0 spiro atoms. The van der Waals surface area contributed by atoms with E-state index in [1.807, 2.05) is 12.1 Å². The van der Waals surface area contributed by atoms with Crippen LogP contribution in [0.25, 0.3) is 5.69 Å². The minimum atomic E-state index is -0.631. The lowest BCUT2D eigenvalue weighted by atomic mass is 10.00. The molecule has 35 heavy (non-hydrogen) atoms. The fraction of sp³-hybridized carbons (Fsp3) is 0.385. The predicted molar refractivity (Wildman–Crippen MR) is 129 cm³/mol. The molecule has 3 aromatic rings. The van der Waals surface area contributed by atoms with Crippen LogP contribution in [-0.2, 0) is 6.42 Å². The minimum absolute atomic E-state index is 0.141. The molecule has 1 atom stereocenters. The van der Waals surface area contributed by atoms with Gasteiger partial charge in [0, 0.05) is 37.8 Å². The van der Waals surface area contributed by atoms with Crippen LogP contribution in [0.5, 0.6) is 17.4 Å². The molecule has 1 saturated heterocycles. The van der Waals surface area contributed by atoms with Gasteiger partial charge in [0.2, 0.25) is 5.88 Å². The number of para-hydroxylation sites is 1. The van der Waals surface area contributed by atoms with E-state index in [-0.39, 0.29) is 11.5 Å². The Morgan fingerprint density at radius 2 is 1.77 bits per heavy atom. The summed E-state index contributed by atoms with van der Waals surface area (Å²) in [7, 11) is 3.01. The zero-order valence-corrected chi connectivity index (χ0v) is 19.8. The number of nitrogens with zero attached hydrogens (tertiary/aromatic N) is 4. The molecule has 2 aliphatic rings. The van der Waals surface area contributed by atoms with E-state index in [0.29, 0.717) is 48.4 Å². The van der Waals surface area contributed by atoms with E-state index in [2.05, 4.69) is 9.97 Å².